The number of rotatable bonds is 2. The van der Waals surface area contributed by atoms with Crippen molar-refractivity contribution in [3.63, 3.8) is 0 Å². The number of halogens is 1. The van der Waals surface area contributed by atoms with Crippen molar-refractivity contribution in [1.82, 2.24) is 5.32 Å². The first-order chi connectivity index (χ1) is 8.15. The van der Waals surface area contributed by atoms with Gasteiger partial charge in [0.2, 0.25) is 0 Å². The van der Waals surface area contributed by atoms with Crippen LogP contribution in [-0.2, 0) is 4.74 Å². The van der Waals surface area contributed by atoms with Gasteiger partial charge in [-0.25, -0.2) is 0 Å². The van der Waals surface area contributed by atoms with Gasteiger partial charge in [-0.15, -0.1) is 0 Å². The van der Waals surface area contributed by atoms with Gasteiger partial charge in [-0.3, -0.25) is 4.79 Å². The van der Waals surface area contributed by atoms with Gasteiger partial charge in [-0.1, -0.05) is 15.9 Å². The van der Waals surface area contributed by atoms with Crippen molar-refractivity contribution in [2.45, 2.75) is 18.9 Å². The fourth-order valence-corrected chi connectivity index (χ4v) is 2.37. The van der Waals surface area contributed by atoms with Gasteiger partial charge in [-0.2, -0.15) is 0 Å². The molecule has 17 heavy (non-hydrogen) atoms. The summed E-state index contributed by atoms with van der Waals surface area (Å²) < 4.78 is 6.06. The predicted molar refractivity (Wildman–Crippen MR) is 69.9 cm³/mol. The lowest BCUT2D eigenvalue weighted by Gasteiger charge is -2.23. The highest BCUT2D eigenvalue weighted by atomic mass is 79.9. The van der Waals surface area contributed by atoms with Crippen molar-refractivity contribution in [2.24, 2.45) is 0 Å². The van der Waals surface area contributed by atoms with Crippen LogP contribution in [0.15, 0.2) is 22.7 Å². The topological polar surface area (TPSA) is 64.4 Å². The summed E-state index contributed by atoms with van der Waals surface area (Å²) in [5.74, 6) is -0.0788. The lowest BCUT2D eigenvalue weighted by atomic mass is 10.1. The van der Waals surface area contributed by atoms with Crippen LogP contribution in [0.2, 0.25) is 0 Å². The molecule has 1 aromatic carbocycles. The molecule has 2 rings (SSSR count). The molecule has 1 amide bonds. The molecule has 92 valence electrons. The third-order valence-corrected chi connectivity index (χ3v) is 3.20. The molecule has 1 aliphatic heterocycles. The Hall–Kier alpha value is -1.07. The summed E-state index contributed by atoms with van der Waals surface area (Å²) >= 11 is 3.33. The maximum atomic E-state index is 12.0. The highest BCUT2D eigenvalue weighted by Gasteiger charge is 2.17. The molecule has 1 saturated heterocycles. The minimum Gasteiger partial charge on any atom is -0.399 e. The lowest BCUT2D eigenvalue weighted by molar-refractivity contribution is 0.0696. The molecule has 0 spiro atoms. The van der Waals surface area contributed by atoms with E-state index in [2.05, 4.69) is 21.2 Å². The molecule has 4 nitrogen and oxygen atoms in total. The minimum atomic E-state index is -0.0788. The van der Waals surface area contributed by atoms with E-state index in [1.54, 1.807) is 18.2 Å². The number of benzene rings is 1. The van der Waals surface area contributed by atoms with Crippen molar-refractivity contribution in [2.75, 3.05) is 18.9 Å². The van der Waals surface area contributed by atoms with E-state index in [9.17, 15) is 4.79 Å². The highest BCUT2D eigenvalue weighted by molar-refractivity contribution is 9.10. The Morgan fingerprint density at radius 3 is 2.71 bits per heavy atom. The van der Waals surface area contributed by atoms with Gasteiger partial charge in [0.1, 0.15) is 0 Å². The second-order valence-electron chi connectivity index (χ2n) is 4.13. The number of nitrogens with two attached hydrogens (primary N) is 1. The third kappa shape index (κ3) is 3.44. The maximum Gasteiger partial charge on any atom is 0.251 e. The Labute approximate surface area is 109 Å². The monoisotopic (exact) mass is 298 g/mol. The molecule has 5 heteroatoms. The molecule has 0 unspecified atom stereocenters. The molecule has 1 aliphatic rings. The molecule has 1 aromatic rings. The van der Waals surface area contributed by atoms with Gasteiger partial charge in [0, 0.05) is 35.0 Å². The number of hydrogen-bond donors (Lipinski definition) is 2. The molecule has 0 atom stereocenters. The van der Waals surface area contributed by atoms with Crippen LogP contribution >= 0.6 is 15.9 Å². The highest BCUT2D eigenvalue weighted by Crippen LogP contribution is 2.17. The molecule has 0 radical (unpaired) electrons. The van der Waals surface area contributed by atoms with Crippen LogP contribution in [0.1, 0.15) is 23.2 Å². The number of hydrogen-bond acceptors (Lipinski definition) is 3. The van der Waals surface area contributed by atoms with Gasteiger partial charge < -0.3 is 15.8 Å². The van der Waals surface area contributed by atoms with Gasteiger partial charge in [0.25, 0.3) is 5.91 Å². The van der Waals surface area contributed by atoms with E-state index < -0.39 is 0 Å². The van der Waals surface area contributed by atoms with E-state index >= 15 is 0 Å². The van der Waals surface area contributed by atoms with E-state index in [0.717, 1.165) is 17.3 Å². The summed E-state index contributed by atoms with van der Waals surface area (Å²) in [6, 6.07) is 5.42. The van der Waals surface area contributed by atoms with Crippen LogP contribution in [0.4, 0.5) is 5.69 Å². The lowest BCUT2D eigenvalue weighted by Crippen LogP contribution is -2.38. The summed E-state index contributed by atoms with van der Waals surface area (Å²) in [7, 11) is 0. The van der Waals surface area contributed by atoms with Crippen LogP contribution < -0.4 is 11.1 Å². The van der Waals surface area contributed by atoms with Gasteiger partial charge in [0.15, 0.2) is 0 Å². The molecule has 1 fully saturated rings. The zero-order valence-corrected chi connectivity index (χ0v) is 11.0. The van der Waals surface area contributed by atoms with Crippen molar-refractivity contribution in [1.29, 1.82) is 0 Å². The number of carbonyl (C=O) groups excluding carboxylic acids is 1. The number of amides is 1. The van der Waals surface area contributed by atoms with E-state index in [0.29, 0.717) is 24.5 Å². The van der Waals surface area contributed by atoms with Gasteiger partial charge in [0.05, 0.1) is 0 Å². The van der Waals surface area contributed by atoms with Crippen LogP contribution in [0.5, 0.6) is 0 Å². The molecule has 0 bridgehead atoms. The average molecular weight is 299 g/mol. The second-order valence-corrected chi connectivity index (χ2v) is 5.05. The molecule has 0 aliphatic carbocycles. The van der Waals surface area contributed by atoms with E-state index in [-0.39, 0.29) is 11.9 Å². The van der Waals surface area contributed by atoms with Crippen LogP contribution in [0.3, 0.4) is 0 Å². The molecule has 3 N–H and O–H groups in total. The first-order valence-corrected chi connectivity index (χ1v) is 6.39. The van der Waals surface area contributed by atoms with Crippen molar-refractivity contribution >= 4 is 27.5 Å². The zero-order chi connectivity index (χ0) is 12.3. The predicted octanol–water partition coefficient (Wildman–Crippen LogP) is 1.94. The third-order valence-electron chi connectivity index (χ3n) is 2.74. The van der Waals surface area contributed by atoms with Crippen LogP contribution in [0.25, 0.3) is 0 Å². The number of anilines is 1. The molecule has 0 saturated carbocycles. The Morgan fingerprint density at radius 1 is 1.35 bits per heavy atom. The summed E-state index contributed by atoms with van der Waals surface area (Å²) in [5, 5.41) is 2.99. The Bertz CT molecular complexity index is 397. The fraction of sp³-hybridized carbons (Fsp3) is 0.417. The SMILES string of the molecule is Nc1cc(Br)cc(C(=O)NC2CCOCC2)c1. The minimum absolute atomic E-state index is 0.0788. The maximum absolute atomic E-state index is 12.0. The average Bonchev–Trinajstić information content (AvgIpc) is 2.29. The quantitative estimate of drug-likeness (QED) is 0.820. The fourth-order valence-electron chi connectivity index (χ4n) is 1.85. The summed E-state index contributed by atoms with van der Waals surface area (Å²) in [4.78, 5) is 12.0. The Kier molecular flexibility index (Phi) is 4.02. The number of nitrogen functional groups attached to an aromatic ring is 1. The summed E-state index contributed by atoms with van der Waals surface area (Å²) in [5.41, 5.74) is 6.87. The first-order valence-electron chi connectivity index (χ1n) is 5.60. The van der Waals surface area contributed by atoms with E-state index in [4.69, 9.17) is 10.5 Å². The van der Waals surface area contributed by atoms with Gasteiger partial charge >= 0.3 is 0 Å². The smallest absolute Gasteiger partial charge is 0.251 e. The van der Waals surface area contributed by atoms with Crippen molar-refractivity contribution < 1.29 is 9.53 Å². The number of ether oxygens (including phenoxy) is 1. The van der Waals surface area contributed by atoms with E-state index in [1.165, 1.54) is 0 Å². The second kappa shape index (κ2) is 5.51. The Morgan fingerprint density at radius 2 is 2.06 bits per heavy atom. The zero-order valence-electron chi connectivity index (χ0n) is 9.41. The number of carbonyl (C=O) groups is 1. The molecular formula is C12H15BrN2O2. The largest absolute Gasteiger partial charge is 0.399 e. The van der Waals surface area contributed by atoms with E-state index in [1.807, 2.05) is 0 Å². The molecule has 0 aromatic heterocycles. The summed E-state index contributed by atoms with van der Waals surface area (Å²) in [6.45, 7) is 1.43. The van der Waals surface area contributed by atoms with Crippen LogP contribution in [0, 0.1) is 0 Å². The normalized spacial score (nSPS) is 16.8. The van der Waals surface area contributed by atoms with Gasteiger partial charge in [-0.05, 0) is 31.0 Å². The first kappa shape index (κ1) is 12.4. The molecule has 1 heterocycles. The number of nitrogens with one attached hydrogen (secondary N) is 1. The summed E-state index contributed by atoms with van der Waals surface area (Å²) in [6.07, 6.45) is 1.74. The standard InChI is InChI=1S/C12H15BrN2O2/c13-9-5-8(6-10(14)7-9)12(16)15-11-1-3-17-4-2-11/h5-7,11H,1-4,14H2,(H,15,16). The van der Waals surface area contributed by atoms with Crippen LogP contribution in [-0.4, -0.2) is 25.2 Å². The Balaban J connectivity index is 2.03. The molecular weight excluding hydrogens is 284 g/mol. The van der Waals surface area contributed by atoms with Crippen molar-refractivity contribution in [3.8, 4) is 0 Å². The van der Waals surface area contributed by atoms with Crippen molar-refractivity contribution in [3.05, 3.63) is 28.2 Å².